The van der Waals surface area contributed by atoms with Gasteiger partial charge in [0, 0.05) is 6.54 Å². The molecule has 3 aliphatic rings. The lowest BCUT2D eigenvalue weighted by Gasteiger charge is -2.41. The van der Waals surface area contributed by atoms with Gasteiger partial charge in [-0.15, -0.1) is 24.8 Å². The fourth-order valence-electron chi connectivity index (χ4n) is 4.83. The number of hydrogen-bond donors (Lipinski definition) is 1. The van der Waals surface area contributed by atoms with Gasteiger partial charge in [0.05, 0.1) is 5.41 Å². The van der Waals surface area contributed by atoms with Crippen molar-refractivity contribution < 1.29 is 4.79 Å². The highest BCUT2D eigenvalue weighted by Crippen LogP contribution is 2.49. The summed E-state index contributed by atoms with van der Waals surface area (Å²) in [7, 11) is 0. The summed E-state index contributed by atoms with van der Waals surface area (Å²) in [6.07, 6.45) is 1.96. The van der Waals surface area contributed by atoms with Crippen molar-refractivity contribution in [2.24, 2.45) is 17.8 Å². The van der Waals surface area contributed by atoms with E-state index in [0.717, 1.165) is 43.7 Å². The van der Waals surface area contributed by atoms with Crippen LogP contribution in [0.1, 0.15) is 25.3 Å². The van der Waals surface area contributed by atoms with E-state index < -0.39 is 0 Å². The second-order valence-electron chi connectivity index (χ2n) is 7.45. The Morgan fingerprint density at radius 3 is 2.25 bits per heavy atom. The number of rotatable bonds is 4. The maximum absolute atomic E-state index is 12.4. The zero-order valence-corrected chi connectivity index (χ0v) is 15.9. The molecule has 5 heteroatoms. The van der Waals surface area contributed by atoms with Crippen LogP contribution in [0.5, 0.6) is 0 Å². The number of hydrogen-bond acceptors (Lipinski definition) is 3. The average molecular weight is 371 g/mol. The maximum Gasteiger partial charge on any atom is 0.140 e. The predicted octanol–water partition coefficient (Wildman–Crippen LogP) is 2.92. The number of nitrogens with zero attached hydrogens (tertiary/aromatic N) is 1. The monoisotopic (exact) mass is 370 g/mol. The minimum atomic E-state index is -0.237. The third-order valence-corrected chi connectivity index (χ3v) is 6.45. The van der Waals surface area contributed by atoms with Gasteiger partial charge in [-0.05, 0) is 69.3 Å². The molecule has 3 atom stereocenters. The number of ketones is 1. The van der Waals surface area contributed by atoms with E-state index in [9.17, 15) is 4.79 Å². The fraction of sp³-hybridized carbons (Fsp3) is 0.632. The van der Waals surface area contributed by atoms with Crippen LogP contribution in [0, 0.1) is 17.8 Å². The Labute approximate surface area is 157 Å². The van der Waals surface area contributed by atoms with E-state index in [2.05, 4.69) is 34.5 Å². The van der Waals surface area contributed by atoms with Crippen LogP contribution in [0.3, 0.4) is 0 Å². The molecule has 1 aromatic carbocycles. The van der Waals surface area contributed by atoms with Crippen LogP contribution >= 0.6 is 24.8 Å². The number of halogens is 2. The molecular weight excluding hydrogens is 343 g/mol. The highest BCUT2D eigenvalue weighted by Gasteiger charge is 2.53. The molecule has 2 aliphatic heterocycles. The summed E-state index contributed by atoms with van der Waals surface area (Å²) >= 11 is 0. The zero-order chi connectivity index (χ0) is 15.2. The lowest BCUT2D eigenvalue weighted by Crippen LogP contribution is -2.47. The first-order chi connectivity index (χ1) is 10.7. The summed E-state index contributed by atoms with van der Waals surface area (Å²) in [4.78, 5) is 15.0. The topological polar surface area (TPSA) is 32.3 Å². The van der Waals surface area contributed by atoms with Crippen LogP contribution < -0.4 is 5.32 Å². The van der Waals surface area contributed by atoms with Gasteiger partial charge in [0.15, 0.2) is 0 Å². The van der Waals surface area contributed by atoms with Crippen molar-refractivity contribution in [1.29, 1.82) is 0 Å². The number of nitrogens with one attached hydrogen (secondary N) is 1. The summed E-state index contributed by atoms with van der Waals surface area (Å²) < 4.78 is 0. The van der Waals surface area contributed by atoms with Gasteiger partial charge < -0.3 is 10.2 Å². The van der Waals surface area contributed by atoms with Gasteiger partial charge in [-0.2, -0.15) is 0 Å². The Hall–Kier alpha value is -0.610. The summed E-state index contributed by atoms with van der Waals surface area (Å²) in [5, 5.41) is 3.48. The largest absolute Gasteiger partial charge is 0.316 e. The molecule has 0 spiro atoms. The van der Waals surface area contributed by atoms with Gasteiger partial charge in [-0.25, -0.2) is 0 Å². The molecule has 4 rings (SSSR count). The smallest absolute Gasteiger partial charge is 0.140 e. The summed E-state index contributed by atoms with van der Waals surface area (Å²) in [6.45, 7) is 7.62. The molecule has 1 unspecified atom stereocenters. The van der Waals surface area contributed by atoms with Crippen LogP contribution in [0.15, 0.2) is 30.3 Å². The number of benzene rings is 1. The molecule has 1 saturated carbocycles. The Balaban J connectivity index is 0.00000104. The van der Waals surface area contributed by atoms with E-state index in [-0.39, 0.29) is 30.2 Å². The van der Waals surface area contributed by atoms with E-state index in [1.165, 1.54) is 25.2 Å². The van der Waals surface area contributed by atoms with Crippen molar-refractivity contribution in [3.8, 4) is 0 Å². The standard InChI is InChI=1S/C19H26N2O.2ClH/c1-14(22)19(15-5-3-2-4-6-15)7-9-21(10-8-19)13-18-16-11-20-12-17(16)18;;/h2-6,16-18,20H,7-13H2,1H3;2*1H/t16-,17+,18?;;. The average Bonchev–Trinajstić information content (AvgIpc) is 2.97. The number of likely N-dealkylation sites (tertiary alicyclic amines) is 1. The van der Waals surface area contributed by atoms with E-state index in [0.29, 0.717) is 5.78 Å². The third-order valence-electron chi connectivity index (χ3n) is 6.45. The first-order valence-corrected chi connectivity index (χ1v) is 8.70. The van der Waals surface area contributed by atoms with Crippen molar-refractivity contribution in [2.45, 2.75) is 25.2 Å². The number of fused-ring (bicyclic) bond motifs is 1. The molecule has 2 saturated heterocycles. The minimum absolute atomic E-state index is 0. The van der Waals surface area contributed by atoms with Crippen LogP contribution in [0.4, 0.5) is 0 Å². The second-order valence-corrected chi connectivity index (χ2v) is 7.45. The molecule has 0 aromatic heterocycles. The van der Waals surface area contributed by atoms with Crippen LogP contribution in [-0.4, -0.2) is 43.4 Å². The van der Waals surface area contributed by atoms with E-state index in [4.69, 9.17) is 0 Å². The molecule has 1 N–H and O–H groups in total. The van der Waals surface area contributed by atoms with Crippen molar-refractivity contribution in [3.05, 3.63) is 35.9 Å². The highest BCUT2D eigenvalue weighted by molar-refractivity contribution is 5.88. The maximum atomic E-state index is 12.4. The summed E-state index contributed by atoms with van der Waals surface area (Å²) in [6, 6.07) is 10.4. The molecule has 2 heterocycles. The van der Waals surface area contributed by atoms with E-state index in [1.54, 1.807) is 6.92 Å². The zero-order valence-electron chi connectivity index (χ0n) is 14.2. The van der Waals surface area contributed by atoms with Gasteiger partial charge >= 0.3 is 0 Å². The van der Waals surface area contributed by atoms with Crippen LogP contribution in [0.2, 0.25) is 0 Å². The first kappa shape index (κ1) is 19.7. The Kier molecular flexibility index (Phi) is 6.35. The molecule has 1 aliphatic carbocycles. The van der Waals surface area contributed by atoms with Gasteiger partial charge in [-0.1, -0.05) is 30.3 Å². The molecule has 24 heavy (non-hydrogen) atoms. The van der Waals surface area contributed by atoms with E-state index >= 15 is 0 Å². The quantitative estimate of drug-likeness (QED) is 0.883. The van der Waals surface area contributed by atoms with Crippen molar-refractivity contribution in [1.82, 2.24) is 10.2 Å². The molecule has 0 amide bonds. The lowest BCUT2D eigenvalue weighted by atomic mass is 9.70. The van der Waals surface area contributed by atoms with Crippen molar-refractivity contribution in [2.75, 3.05) is 32.7 Å². The molecular formula is C19H28Cl2N2O. The van der Waals surface area contributed by atoms with Crippen LogP contribution in [0.25, 0.3) is 0 Å². The van der Waals surface area contributed by atoms with Gasteiger partial charge in [0.25, 0.3) is 0 Å². The van der Waals surface area contributed by atoms with Crippen LogP contribution in [-0.2, 0) is 10.2 Å². The molecule has 0 bridgehead atoms. The van der Waals surface area contributed by atoms with Gasteiger partial charge in [0.1, 0.15) is 5.78 Å². The molecule has 1 aromatic rings. The van der Waals surface area contributed by atoms with Crippen molar-refractivity contribution in [3.63, 3.8) is 0 Å². The lowest BCUT2D eigenvalue weighted by molar-refractivity contribution is -0.124. The number of piperidine rings is 2. The first-order valence-electron chi connectivity index (χ1n) is 8.70. The number of Topliss-reactive ketones (excluding diaryl/α,β-unsaturated/α-hetero) is 1. The van der Waals surface area contributed by atoms with E-state index in [1.807, 2.05) is 6.07 Å². The SMILES string of the molecule is CC(=O)C1(c2ccccc2)CCN(CC2[C@H]3CNC[C@@H]23)CC1.Cl.Cl. The molecule has 3 fully saturated rings. The highest BCUT2D eigenvalue weighted by atomic mass is 35.5. The van der Waals surface area contributed by atoms with Gasteiger partial charge in [-0.3, -0.25) is 4.79 Å². The summed E-state index contributed by atoms with van der Waals surface area (Å²) in [5.74, 6) is 3.14. The van der Waals surface area contributed by atoms with Gasteiger partial charge in [0.2, 0.25) is 0 Å². The second kappa shape index (κ2) is 7.74. The predicted molar refractivity (Wildman–Crippen MR) is 102 cm³/mol. The molecule has 0 radical (unpaired) electrons. The molecule has 134 valence electrons. The fourth-order valence-corrected chi connectivity index (χ4v) is 4.83. The number of carbonyl (C=O) groups excluding carboxylic acids is 1. The Morgan fingerprint density at radius 2 is 1.71 bits per heavy atom. The Morgan fingerprint density at radius 1 is 1.12 bits per heavy atom. The molecule has 3 nitrogen and oxygen atoms in total. The minimum Gasteiger partial charge on any atom is -0.316 e. The Bertz CT molecular complexity index is 548. The summed E-state index contributed by atoms with van der Waals surface area (Å²) in [5.41, 5.74) is 0.980. The normalized spacial score (nSPS) is 30.6. The number of carbonyl (C=O) groups is 1. The third kappa shape index (κ3) is 3.37. The van der Waals surface area contributed by atoms with Crippen molar-refractivity contribution >= 4 is 30.6 Å².